The normalized spacial score (nSPS) is 20.1. The zero-order valence-corrected chi connectivity index (χ0v) is 12.1. The summed E-state index contributed by atoms with van der Waals surface area (Å²) in [6.45, 7) is 2.28. The molecule has 0 bridgehead atoms. The maximum Gasteiger partial charge on any atom is 0.227 e. The molecule has 1 aromatic carbocycles. The minimum Gasteiger partial charge on any atom is -0.371 e. The van der Waals surface area contributed by atoms with Crippen LogP contribution in [0, 0.1) is 5.92 Å². The molecule has 1 saturated heterocycles. The van der Waals surface area contributed by atoms with Crippen molar-refractivity contribution in [2.75, 3.05) is 23.3 Å². The van der Waals surface area contributed by atoms with Crippen molar-refractivity contribution < 1.29 is 4.79 Å². The first-order valence-electron chi connectivity index (χ1n) is 7.99. The van der Waals surface area contributed by atoms with Crippen LogP contribution in [0.5, 0.6) is 0 Å². The molecule has 1 amide bonds. The first-order valence-corrected chi connectivity index (χ1v) is 7.99. The Balaban J connectivity index is 1.65. The van der Waals surface area contributed by atoms with E-state index >= 15 is 0 Å². The van der Waals surface area contributed by atoms with Gasteiger partial charge in [0.05, 0.1) is 0 Å². The molecule has 0 unspecified atom stereocenters. The molecule has 3 rings (SSSR count). The quantitative estimate of drug-likeness (QED) is 0.907. The van der Waals surface area contributed by atoms with Crippen molar-refractivity contribution in [1.82, 2.24) is 0 Å². The zero-order valence-electron chi connectivity index (χ0n) is 12.1. The summed E-state index contributed by atoms with van der Waals surface area (Å²) in [7, 11) is 0. The molecule has 0 spiro atoms. The number of nitrogens with zero attached hydrogens (tertiary/aromatic N) is 1. The third kappa shape index (κ3) is 3.14. The maximum atomic E-state index is 12.2. The molecule has 0 atom stereocenters. The average Bonchev–Trinajstić information content (AvgIpc) is 3.03. The van der Waals surface area contributed by atoms with Crippen molar-refractivity contribution in [2.24, 2.45) is 5.92 Å². The van der Waals surface area contributed by atoms with Crippen molar-refractivity contribution in [3.63, 3.8) is 0 Å². The first-order chi connectivity index (χ1) is 9.83. The lowest BCUT2D eigenvalue weighted by molar-refractivity contribution is -0.119. The number of benzene rings is 1. The summed E-state index contributed by atoms with van der Waals surface area (Å²) in [4.78, 5) is 14.6. The second-order valence-electron chi connectivity index (χ2n) is 6.07. The molecule has 1 aliphatic carbocycles. The second-order valence-corrected chi connectivity index (χ2v) is 6.07. The Labute approximate surface area is 121 Å². The van der Waals surface area contributed by atoms with E-state index in [2.05, 4.69) is 22.3 Å². The molecule has 1 aromatic rings. The van der Waals surface area contributed by atoms with Crippen LogP contribution < -0.4 is 10.2 Å². The average molecular weight is 272 g/mol. The summed E-state index contributed by atoms with van der Waals surface area (Å²) in [5.41, 5.74) is 2.19. The largest absolute Gasteiger partial charge is 0.371 e. The van der Waals surface area contributed by atoms with Gasteiger partial charge in [-0.3, -0.25) is 4.79 Å². The van der Waals surface area contributed by atoms with Crippen LogP contribution in [0.1, 0.15) is 44.9 Å². The maximum absolute atomic E-state index is 12.2. The number of anilines is 2. The van der Waals surface area contributed by atoms with Crippen LogP contribution in [0.4, 0.5) is 11.4 Å². The van der Waals surface area contributed by atoms with E-state index in [9.17, 15) is 4.79 Å². The Kier molecular flexibility index (Phi) is 4.24. The van der Waals surface area contributed by atoms with Crippen LogP contribution in [0.2, 0.25) is 0 Å². The van der Waals surface area contributed by atoms with Crippen LogP contribution >= 0.6 is 0 Å². The molecule has 0 radical (unpaired) electrons. The molecule has 2 fully saturated rings. The monoisotopic (exact) mass is 272 g/mol. The lowest BCUT2D eigenvalue weighted by Crippen LogP contribution is -2.29. The van der Waals surface area contributed by atoms with Crippen molar-refractivity contribution in [3.05, 3.63) is 24.3 Å². The van der Waals surface area contributed by atoms with E-state index in [4.69, 9.17) is 0 Å². The van der Waals surface area contributed by atoms with Crippen molar-refractivity contribution in [3.8, 4) is 0 Å². The third-order valence-corrected chi connectivity index (χ3v) is 4.56. The van der Waals surface area contributed by atoms with Crippen LogP contribution in [0.15, 0.2) is 24.3 Å². The summed E-state index contributed by atoms with van der Waals surface area (Å²) >= 11 is 0. The van der Waals surface area contributed by atoms with E-state index in [0.29, 0.717) is 0 Å². The van der Waals surface area contributed by atoms with Crippen LogP contribution in [0.25, 0.3) is 0 Å². The second kappa shape index (κ2) is 6.29. The van der Waals surface area contributed by atoms with Gasteiger partial charge in [0.2, 0.25) is 5.91 Å². The van der Waals surface area contributed by atoms with Gasteiger partial charge in [-0.25, -0.2) is 0 Å². The molecular formula is C17H24N2O. The summed E-state index contributed by atoms with van der Waals surface area (Å²) in [6, 6.07) is 8.32. The molecule has 108 valence electrons. The number of nitrogens with one attached hydrogen (secondary N) is 1. The van der Waals surface area contributed by atoms with Gasteiger partial charge in [-0.05, 0) is 50.3 Å². The highest BCUT2D eigenvalue weighted by atomic mass is 16.1. The summed E-state index contributed by atoms with van der Waals surface area (Å²) in [5, 5.41) is 3.10. The van der Waals surface area contributed by atoms with Gasteiger partial charge in [-0.1, -0.05) is 18.9 Å². The topological polar surface area (TPSA) is 32.3 Å². The van der Waals surface area contributed by atoms with E-state index in [1.54, 1.807) is 0 Å². The molecule has 3 nitrogen and oxygen atoms in total. The lowest BCUT2D eigenvalue weighted by atomic mass is 10.1. The highest BCUT2D eigenvalue weighted by molar-refractivity contribution is 5.93. The molecule has 0 aromatic heterocycles. The number of carbonyl (C=O) groups is 1. The molecule has 20 heavy (non-hydrogen) atoms. The van der Waals surface area contributed by atoms with Crippen molar-refractivity contribution in [1.29, 1.82) is 0 Å². The molecule has 1 heterocycles. The van der Waals surface area contributed by atoms with Gasteiger partial charge in [0.1, 0.15) is 0 Å². The Bertz CT molecular complexity index is 460. The third-order valence-electron chi connectivity index (χ3n) is 4.56. The van der Waals surface area contributed by atoms with E-state index in [-0.39, 0.29) is 11.8 Å². The van der Waals surface area contributed by atoms with E-state index in [0.717, 1.165) is 31.6 Å². The molecule has 1 aliphatic heterocycles. The molecule has 1 N–H and O–H groups in total. The van der Waals surface area contributed by atoms with Crippen LogP contribution in [-0.4, -0.2) is 19.0 Å². The Morgan fingerprint density at radius 3 is 2.55 bits per heavy atom. The number of amides is 1. The minimum absolute atomic E-state index is 0.207. The van der Waals surface area contributed by atoms with Gasteiger partial charge in [-0.2, -0.15) is 0 Å². The van der Waals surface area contributed by atoms with Gasteiger partial charge < -0.3 is 10.2 Å². The standard InChI is InChI=1S/C17H24N2O/c20-17(14-7-2-3-8-14)18-15-9-6-10-16(13-15)19-11-4-1-5-12-19/h6,9-10,13-14H,1-5,7-8,11-12H2,(H,18,20). The van der Waals surface area contributed by atoms with Crippen LogP contribution in [-0.2, 0) is 4.79 Å². The van der Waals surface area contributed by atoms with Crippen molar-refractivity contribution in [2.45, 2.75) is 44.9 Å². The van der Waals surface area contributed by atoms with Crippen molar-refractivity contribution >= 4 is 17.3 Å². The first kappa shape index (κ1) is 13.5. The van der Waals surface area contributed by atoms with Gasteiger partial charge in [0, 0.05) is 30.4 Å². The number of rotatable bonds is 3. The summed E-state index contributed by atoms with van der Waals surface area (Å²) in [6.07, 6.45) is 8.40. The molecule has 3 heteroatoms. The smallest absolute Gasteiger partial charge is 0.227 e. The van der Waals surface area contributed by atoms with Gasteiger partial charge in [0.15, 0.2) is 0 Å². The Morgan fingerprint density at radius 2 is 1.80 bits per heavy atom. The number of piperidine rings is 1. The van der Waals surface area contributed by atoms with Gasteiger partial charge in [0.25, 0.3) is 0 Å². The van der Waals surface area contributed by atoms with E-state index in [1.807, 2.05) is 12.1 Å². The van der Waals surface area contributed by atoms with E-state index < -0.39 is 0 Å². The SMILES string of the molecule is O=C(Nc1cccc(N2CCCCC2)c1)C1CCCC1. The summed E-state index contributed by atoms with van der Waals surface area (Å²) in [5.74, 6) is 0.437. The fraction of sp³-hybridized carbons (Fsp3) is 0.588. The Hall–Kier alpha value is -1.51. The number of hydrogen-bond donors (Lipinski definition) is 1. The molecule has 2 aliphatic rings. The van der Waals surface area contributed by atoms with E-state index in [1.165, 1.54) is 37.8 Å². The Morgan fingerprint density at radius 1 is 1.05 bits per heavy atom. The minimum atomic E-state index is 0.207. The lowest BCUT2D eigenvalue weighted by Gasteiger charge is -2.29. The predicted octanol–water partition coefficient (Wildman–Crippen LogP) is 3.81. The predicted molar refractivity (Wildman–Crippen MR) is 83.1 cm³/mol. The number of carbonyl (C=O) groups excluding carboxylic acids is 1. The van der Waals surface area contributed by atoms with Crippen LogP contribution in [0.3, 0.4) is 0 Å². The fourth-order valence-corrected chi connectivity index (χ4v) is 3.36. The van der Waals surface area contributed by atoms with Gasteiger partial charge in [-0.15, -0.1) is 0 Å². The summed E-state index contributed by atoms with van der Waals surface area (Å²) < 4.78 is 0. The highest BCUT2D eigenvalue weighted by Crippen LogP contribution is 2.27. The highest BCUT2D eigenvalue weighted by Gasteiger charge is 2.22. The van der Waals surface area contributed by atoms with Gasteiger partial charge >= 0.3 is 0 Å². The number of hydrogen-bond acceptors (Lipinski definition) is 2. The fourth-order valence-electron chi connectivity index (χ4n) is 3.36. The molecular weight excluding hydrogens is 248 g/mol. The molecule has 1 saturated carbocycles. The zero-order chi connectivity index (χ0) is 13.8.